The molecule has 0 fully saturated rings. The SMILES string of the molecule is C[C@H](CC/C=C/C(=O)O)[C@@H](OC(=O)Nc1ccc(C#N)cc1)c1ccc(OCCO)cc1. The zero-order chi connectivity index (χ0) is 23.3. The average molecular weight is 438 g/mol. The zero-order valence-corrected chi connectivity index (χ0v) is 17.7. The molecule has 2 aromatic carbocycles. The molecule has 0 radical (unpaired) electrons. The number of carboxylic acids is 1. The third-order valence-electron chi connectivity index (χ3n) is 4.63. The van der Waals surface area contributed by atoms with Crippen molar-refractivity contribution in [3.05, 3.63) is 71.8 Å². The minimum Gasteiger partial charge on any atom is -0.491 e. The van der Waals surface area contributed by atoms with Gasteiger partial charge in [0.15, 0.2) is 0 Å². The number of hydrogen-bond donors (Lipinski definition) is 3. The highest BCUT2D eigenvalue weighted by Crippen LogP contribution is 2.31. The molecule has 8 heteroatoms. The van der Waals surface area contributed by atoms with E-state index < -0.39 is 18.2 Å². The van der Waals surface area contributed by atoms with Gasteiger partial charge in [-0.15, -0.1) is 0 Å². The summed E-state index contributed by atoms with van der Waals surface area (Å²) in [6, 6.07) is 15.5. The first-order valence-corrected chi connectivity index (χ1v) is 10.1. The Hall–Kier alpha value is -3.83. The molecule has 0 aliphatic rings. The monoisotopic (exact) mass is 438 g/mol. The number of aliphatic hydroxyl groups excluding tert-OH is 1. The van der Waals surface area contributed by atoms with Gasteiger partial charge in [-0.25, -0.2) is 9.59 Å². The number of aliphatic carboxylic acids is 1. The lowest BCUT2D eigenvalue weighted by Crippen LogP contribution is -2.22. The number of allylic oxidation sites excluding steroid dienone is 1. The van der Waals surface area contributed by atoms with Crippen LogP contribution in [0.3, 0.4) is 0 Å². The van der Waals surface area contributed by atoms with Crippen LogP contribution in [-0.2, 0) is 9.53 Å². The molecule has 0 saturated carbocycles. The Morgan fingerprint density at radius 3 is 2.44 bits per heavy atom. The molecular formula is C24H26N2O6. The predicted molar refractivity (Wildman–Crippen MR) is 118 cm³/mol. The Labute approximate surface area is 186 Å². The molecule has 0 aromatic heterocycles. The van der Waals surface area contributed by atoms with E-state index in [1.807, 2.05) is 13.0 Å². The predicted octanol–water partition coefficient (Wildman–Crippen LogP) is 4.28. The van der Waals surface area contributed by atoms with Crippen molar-refractivity contribution in [3.8, 4) is 11.8 Å². The second kappa shape index (κ2) is 12.8. The van der Waals surface area contributed by atoms with Gasteiger partial charge in [0.1, 0.15) is 18.5 Å². The summed E-state index contributed by atoms with van der Waals surface area (Å²) in [5.74, 6) is -0.532. The molecule has 0 aliphatic carbocycles. The lowest BCUT2D eigenvalue weighted by Gasteiger charge is -2.25. The van der Waals surface area contributed by atoms with Crippen molar-refractivity contribution >= 4 is 17.7 Å². The van der Waals surface area contributed by atoms with Crippen molar-refractivity contribution < 1.29 is 29.3 Å². The highest BCUT2D eigenvalue weighted by molar-refractivity contribution is 5.84. The molecule has 32 heavy (non-hydrogen) atoms. The number of anilines is 1. The van der Waals surface area contributed by atoms with Crippen LogP contribution in [0.15, 0.2) is 60.7 Å². The zero-order valence-electron chi connectivity index (χ0n) is 17.7. The van der Waals surface area contributed by atoms with Crippen LogP contribution in [0.5, 0.6) is 5.75 Å². The van der Waals surface area contributed by atoms with Crippen LogP contribution in [-0.4, -0.2) is 35.5 Å². The maximum Gasteiger partial charge on any atom is 0.412 e. The summed E-state index contributed by atoms with van der Waals surface area (Å²) in [7, 11) is 0. The van der Waals surface area contributed by atoms with Gasteiger partial charge in [0.05, 0.1) is 18.2 Å². The van der Waals surface area contributed by atoms with Gasteiger partial charge in [-0.1, -0.05) is 25.1 Å². The van der Waals surface area contributed by atoms with Crippen LogP contribution < -0.4 is 10.1 Å². The van der Waals surface area contributed by atoms with Gasteiger partial charge >= 0.3 is 12.1 Å². The van der Waals surface area contributed by atoms with Crippen LogP contribution in [0.25, 0.3) is 0 Å². The number of aliphatic hydroxyl groups is 1. The number of carboxylic acid groups (broad SMARTS) is 1. The quantitative estimate of drug-likeness (QED) is 0.447. The summed E-state index contributed by atoms with van der Waals surface area (Å²) >= 11 is 0. The molecule has 3 N–H and O–H groups in total. The summed E-state index contributed by atoms with van der Waals surface area (Å²) < 4.78 is 11.1. The van der Waals surface area contributed by atoms with Gasteiger partial charge in [-0.05, 0) is 60.7 Å². The van der Waals surface area contributed by atoms with E-state index >= 15 is 0 Å². The molecule has 0 spiro atoms. The van der Waals surface area contributed by atoms with E-state index in [2.05, 4.69) is 5.32 Å². The number of amides is 1. The number of hydrogen-bond acceptors (Lipinski definition) is 6. The Balaban J connectivity index is 2.11. The van der Waals surface area contributed by atoms with Gasteiger partial charge in [0, 0.05) is 11.8 Å². The van der Waals surface area contributed by atoms with E-state index in [-0.39, 0.29) is 19.1 Å². The molecule has 8 nitrogen and oxygen atoms in total. The lowest BCUT2D eigenvalue weighted by atomic mass is 9.93. The van der Waals surface area contributed by atoms with Crippen molar-refractivity contribution in [2.45, 2.75) is 25.9 Å². The van der Waals surface area contributed by atoms with E-state index in [4.69, 9.17) is 24.9 Å². The van der Waals surface area contributed by atoms with Crippen LogP contribution in [0.1, 0.15) is 37.0 Å². The minimum absolute atomic E-state index is 0.0934. The van der Waals surface area contributed by atoms with Gasteiger partial charge in [-0.3, -0.25) is 5.32 Å². The van der Waals surface area contributed by atoms with Crippen molar-refractivity contribution in [1.29, 1.82) is 5.26 Å². The third-order valence-corrected chi connectivity index (χ3v) is 4.63. The molecule has 168 valence electrons. The second-order valence-corrected chi connectivity index (χ2v) is 7.08. The van der Waals surface area contributed by atoms with E-state index in [1.54, 1.807) is 54.6 Å². The number of benzene rings is 2. The number of nitrogens with zero attached hydrogens (tertiary/aromatic N) is 1. The number of carbonyl (C=O) groups excluding carboxylic acids is 1. The fourth-order valence-electron chi connectivity index (χ4n) is 3.02. The number of carbonyl (C=O) groups is 2. The number of nitrogens with one attached hydrogen (secondary N) is 1. The summed E-state index contributed by atoms with van der Waals surface area (Å²) in [6.07, 6.45) is 2.54. The summed E-state index contributed by atoms with van der Waals surface area (Å²) in [4.78, 5) is 23.2. The topological polar surface area (TPSA) is 129 Å². The highest BCUT2D eigenvalue weighted by Gasteiger charge is 2.23. The van der Waals surface area contributed by atoms with Crippen molar-refractivity contribution in [2.75, 3.05) is 18.5 Å². The first-order valence-electron chi connectivity index (χ1n) is 10.1. The molecule has 0 heterocycles. The van der Waals surface area contributed by atoms with Crippen LogP contribution in [0.2, 0.25) is 0 Å². The average Bonchev–Trinajstić information content (AvgIpc) is 2.79. The van der Waals surface area contributed by atoms with E-state index in [9.17, 15) is 9.59 Å². The second-order valence-electron chi connectivity index (χ2n) is 7.08. The Kier molecular flexibility index (Phi) is 9.75. The van der Waals surface area contributed by atoms with Crippen molar-refractivity contribution in [1.82, 2.24) is 0 Å². The van der Waals surface area contributed by atoms with E-state index in [0.717, 1.165) is 11.6 Å². The normalized spacial score (nSPS) is 12.5. The molecule has 0 bridgehead atoms. The maximum atomic E-state index is 12.5. The molecule has 2 aromatic rings. The third kappa shape index (κ3) is 8.13. The molecule has 0 unspecified atom stereocenters. The van der Waals surface area contributed by atoms with Gasteiger partial charge < -0.3 is 19.7 Å². The van der Waals surface area contributed by atoms with Crippen molar-refractivity contribution in [3.63, 3.8) is 0 Å². The smallest absolute Gasteiger partial charge is 0.412 e. The molecule has 1 amide bonds. The van der Waals surface area contributed by atoms with Crippen LogP contribution in [0.4, 0.5) is 10.5 Å². The first-order chi connectivity index (χ1) is 15.4. The first kappa shape index (κ1) is 24.4. The summed E-state index contributed by atoms with van der Waals surface area (Å²) in [6.45, 7) is 2.01. The van der Waals surface area contributed by atoms with Gasteiger partial charge in [0.2, 0.25) is 0 Å². The Bertz CT molecular complexity index is 948. The standard InChI is InChI=1S/C24H26N2O6/c1-17(4-2-3-5-22(28)29)23(19-8-12-21(13-9-19)31-15-14-27)32-24(30)26-20-10-6-18(16-25)7-11-20/h3,5-13,17,23,27H,2,4,14-15H2,1H3,(H,26,30)(H,28,29)/b5-3+/t17-,23-/m1/s1. The molecular weight excluding hydrogens is 412 g/mol. The number of nitriles is 1. The Morgan fingerprint density at radius 2 is 1.84 bits per heavy atom. The van der Waals surface area contributed by atoms with E-state index in [0.29, 0.717) is 29.8 Å². The summed E-state index contributed by atoms with van der Waals surface area (Å²) in [5, 5.41) is 29.2. The van der Waals surface area contributed by atoms with Crippen LogP contribution in [0, 0.1) is 17.2 Å². The molecule has 0 aliphatic heterocycles. The molecule has 0 saturated heterocycles. The summed E-state index contributed by atoms with van der Waals surface area (Å²) in [5.41, 5.74) is 1.73. The highest BCUT2D eigenvalue weighted by atomic mass is 16.6. The number of rotatable bonds is 11. The Morgan fingerprint density at radius 1 is 1.16 bits per heavy atom. The fraction of sp³-hybridized carbons (Fsp3) is 0.292. The van der Waals surface area contributed by atoms with Gasteiger partial charge in [-0.2, -0.15) is 5.26 Å². The van der Waals surface area contributed by atoms with Crippen LogP contribution >= 0.6 is 0 Å². The van der Waals surface area contributed by atoms with Gasteiger partial charge in [0.25, 0.3) is 0 Å². The number of ether oxygens (including phenoxy) is 2. The fourth-order valence-corrected chi connectivity index (χ4v) is 3.02. The van der Waals surface area contributed by atoms with E-state index in [1.165, 1.54) is 0 Å². The van der Waals surface area contributed by atoms with Crippen molar-refractivity contribution in [2.24, 2.45) is 5.92 Å². The largest absolute Gasteiger partial charge is 0.491 e. The lowest BCUT2D eigenvalue weighted by molar-refractivity contribution is -0.131. The molecule has 2 rings (SSSR count). The maximum absolute atomic E-state index is 12.5. The minimum atomic E-state index is -1.01. The molecule has 2 atom stereocenters.